The Bertz CT molecular complexity index is 741. The Morgan fingerprint density at radius 2 is 1.40 bits per heavy atom. The number of allylic oxidation sites excluding steroid dienone is 1. The molecule has 1 aliphatic carbocycles. The Morgan fingerprint density at radius 3 is 2.00 bits per heavy atom. The van der Waals surface area contributed by atoms with Crippen LogP contribution in [0.15, 0.2) is 54.6 Å². The molecule has 0 bridgehead atoms. The van der Waals surface area contributed by atoms with Crippen molar-refractivity contribution in [3.8, 4) is 11.1 Å². The molecule has 0 aromatic heterocycles. The van der Waals surface area contributed by atoms with Crippen LogP contribution in [0, 0.1) is 0 Å². The number of hydrogen-bond acceptors (Lipinski definition) is 3. The predicted octanol–water partition coefficient (Wildman–Crippen LogP) is 3.11. The summed E-state index contributed by atoms with van der Waals surface area (Å²) in [5.74, 6) is -0.674. The van der Waals surface area contributed by atoms with Crippen molar-refractivity contribution in [1.29, 1.82) is 0 Å². The van der Waals surface area contributed by atoms with Crippen LogP contribution < -0.4 is 0 Å². The van der Waals surface area contributed by atoms with Gasteiger partial charge in [0, 0.05) is 17.2 Å². The molecule has 0 unspecified atom stereocenters. The van der Waals surface area contributed by atoms with Gasteiger partial charge < -0.3 is 4.74 Å². The van der Waals surface area contributed by atoms with E-state index in [4.69, 9.17) is 0 Å². The number of ketones is 1. The number of fused-ring (bicyclic) bond motifs is 3. The number of hydrogen-bond donors (Lipinski definition) is 0. The summed E-state index contributed by atoms with van der Waals surface area (Å²) in [5, 5.41) is 0. The van der Waals surface area contributed by atoms with Gasteiger partial charge in [0.15, 0.2) is 5.78 Å². The molecule has 0 saturated heterocycles. The van der Waals surface area contributed by atoms with E-state index in [1.54, 1.807) is 6.07 Å². The molecule has 0 saturated carbocycles. The quantitative estimate of drug-likeness (QED) is 0.587. The van der Waals surface area contributed by atoms with E-state index < -0.39 is 5.97 Å². The predicted molar refractivity (Wildman–Crippen MR) is 76.2 cm³/mol. The van der Waals surface area contributed by atoms with Crippen LogP contribution in [0.25, 0.3) is 16.7 Å². The molecule has 3 nitrogen and oxygen atoms in total. The van der Waals surface area contributed by atoms with Crippen molar-refractivity contribution >= 4 is 17.3 Å². The average molecular weight is 264 g/mol. The Morgan fingerprint density at radius 1 is 0.900 bits per heavy atom. The van der Waals surface area contributed by atoms with Crippen molar-refractivity contribution in [1.82, 2.24) is 0 Å². The number of Topliss-reactive ketones (excluding diaryl/α,β-unsaturated/α-hetero) is 1. The standard InChI is InChI=1S/C17H12O3/c1-20-16(18)10-15-13-8-3-2-6-11(13)12-7-4-5-9-14(12)17(15)19/h2-10H,1H3/b15-10+. The number of ether oxygens (including phenoxy) is 1. The Labute approximate surface area is 116 Å². The maximum absolute atomic E-state index is 12.6. The van der Waals surface area contributed by atoms with Crippen molar-refractivity contribution in [3.63, 3.8) is 0 Å². The Kier molecular flexibility index (Phi) is 2.95. The van der Waals surface area contributed by atoms with Crippen LogP contribution >= 0.6 is 0 Å². The van der Waals surface area contributed by atoms with E-state index in [0.29, 0.717) is 11.1 Å². The van der Waals surface area contributed by atoms with Gasteiger partial charge in [0.25, 0.3) is 0 Å². The molecule has 0 radical (unpaired) electrons. The highest BCUT2D eigenvalue weighted by atomic mass is 16.5. The summed E-state index contributed by atoms with van der Waals surface area (Å²) in [6, 6.07) is 15.0. The smallest absolute Gasteiger partial charge is 0.331 e. The van der Waals surface area contributed by atoms with Crippen LogP contribution in [0.4, 0.5) is 0 Å². The van der Waals surface area contributed by atoms with Crippen molar-refractivity contribution in [2.24, 2.45) is 0 Å². The third-order valence-corrected chi connectivity index (χ3v) is 3.39. The lowest BCUT2D eigenvalue weighted by Crippen LogP contribution is -2.13. The van der Waals surface area contributed by atoms with Gasteiger partial charge >= 0.3 is 5.97 Å². The van der Waals surface area contributed by atoms with E-state index in [2.05, 4.69) is 4.74 Å². The molecule has 0 N–H and O–H groups in total. The van der Waals surface area contributed by atoms with E-state index in [0.717, 1.165) is 16.7 Å². The van der Waals surface area contributed by atoms with Gasteiger partial charge in [-0.05, 0) is 16.7 Å². The van der Waals surface area contributed by atoms with E-state index in [1.807, 2.05) is 42.5 Å². The molecular weight excluding hydrogens is 252 g/mol. The second-order valence-corrected chi connectivity index (χ2v) is 4.50. The number of methoxy groups -OCH3 is 1. The van der Waals surface area contributed by atoms with Crippen LogP contribution in [-0.4, -0.2) is 18.9 Å². The summed E-state index contributed by atoms with van der Waals surface area (Å²) >= 11 is 0. The van der Waals surface area contributed by atoms with E-state index in [-0.39, 0.29) is 5.78 Å². The van der Waals surface area contributed by atoms with Crippen molar-refractivity contribution in [2.45, 2.75) is 0 Å². The van der Waals surface area contributed by atoms with Gasteiger partial charge in [-0.3, -0.25) is 4.79 Å². The lowest BCUT2D eigenvalue weighted by molar-refractivity contribution is -0.134. The second-order valence-electron chi connectivity index (χ2n) is 4.50. The first-order valence-electron chi connectivity index (χ1n) is 6.25. The molecule has 3 heteroatoms. The third-order valence-electron chi connectivity index (χ3n) is 3.39. The fourth-order valence-electron chi connectivity index (χ4n) is 2.46. The minimum absolute atomic E-state index is 0.148. The monoisotopic (exact) mass is 264 g/mol. The lowest BCUT2D eigenvalue weighted by atomic mass is 9.81. The van der Waals surface area contributed by atoms with Crippen LogP contribution in [0.2, 0.25) is 0 Å². The molecule has 0 amide bonds. The zero-order valence-corrected chi connectivity index (χ0v) is 10.9. The first kappa shape index (κ1) is 12.4. The van der Waals surface area contributed by atoms with Gasteiger partial charge in [-0.1, -0.05) is 48.5 Å². The fraction of sp³-hybridized carbons (Fsp3) is 0.0588. The maximum atomic E-state index is 12.6. The number of carbonyl (C=O) groups is 2. The molecule has 0 atom stereocenters. The summed E-state index contributed by atoms with van der Waals surface area (Å²) in [4.78, 5) is 24.1. The van der Waals surface area contributed by atoms with Gasteiger partial charge in [-0.25, -0.2) is 4.79 Å². The molecular formula is C17H12O3. The van der Waals surface area contributed by atoms with Gasteiger partial charge in [0.1, 0.15) is 0 Å². The second kappa shape index (κ2) is 4.78. The van der Waals surface area contributed by atoms with Gasteiger partial charge in [-0.2, -0.15) is 0 Å². The van der Waals surface area contributed by atoms with Gasteiger partial charge in [0.05, 0.1) is 7.11 Å². The molecule has 2 aromatic rings. The molecule has 0 spiro atoms. The Balaban J connectivity index is 2.29. The number of esters is 1. The molecule has 0 heterocycles. The average Bonchev–Trinajstić information content (AvgIpc) is 2.51. The van der Waals surface area contributed by atoms with Crippen molar-refractivity contribution < 1.29 is 14.3 Å². The molecule has 3 rings (SSSR count). The minimum atomic E-state index is -0.525. The highest BCUT2D eigenvalue weighted by molar-refractivity contribution is 6.36. The molecule has 0 aliphatic heterocycles. The first-order valence-corrected chi connectivity index (χ1v) is 6.25. The zero-order chi connectivity index (χ0) is 14.1. The topological polar surface area (TPSA) is 43.4 Å². The molecule has 98 valence electrons. The van der Waals surface area contributed by atoms with E-state index in [1.165, 1.54) is 13.2 Å². The highest BCUT2D eigenvalue weighted by Crippen LogP contribution is 2.38. The van der Waals surface area contributed by atoms with Crippen LogP contribution in [0.3, 0.4) is 0 Å². The summed E-state index contributed by atoms with van der Waals surface area (Å²) in [7, 11) is 1.30. The SMILES string of the molecule is COC(=O)/C=C1/C(=O)c2ccccc2-c2ccccc21. The number of carbonyl (C=O) groups excluding carboxylic acids is 2. The van der Waals surface area contributed by atoms with E-state index in [9.17, 15) is 9.59 Å². The normalized spacial score (nSPS) is 14.7. The maximum Gasteiger partial charge on any atom is 0.331 e. The number of benzene rings is 2. The lowest BCUT2D eigenvalue weighted by Gasteiger charge is -2.20. The fourth-order valence-corrected chi connectivity index (χ4v) is 2.46. The van der Waals surface area contributed by atoms with Crippen LogP contribution in [0.1, 0.15) is 15.9 Å². The van der Waals surface area contributed by atoms with Gasteiger partial charge in [0.2, 0.25) is 0 Å². The summed E-state index contributed by atoms with van der Waals surface area (Å²) < 4.78 is 4.64. The van der Waals surface area contributed by atoms with Crippen molar-refractivity contribution in [3.05, 3.63) is 65.7 Å². The van der Waals surface area contributed by atoms with Crippen LogP contribution in [0.5, 0.6) is 0 Å². The van der Waals surface area contributed by atoms with Crippen LogP contribution in [-0.2, 0) is 9.53 Å². The molecule has 20 heavy (non-hydrogen) atoms. The highest BCUT2D eigenvalue weighted by Gasteiger charge is 2.27. The van der Waals surface area contributed by atoms with Crippen molar-refractivity contribution in [2.75, 3.05) is 7.11 Å². The summed E-state index contributed by atoms with van der Waals surface area (Å²) in [6.07, 6.45) is 1.26. The Hall–Kier alpha value is -2.68. The number of rotatable bonds is 1. The summed E-state index contributed by atoms with van der Waals surface area (Å²) in [6.45, 7) is 0. The molecule has 2 aromatic carbocycles. The minimum Gasteiger partial charge on any atom is -0.466 e. The largest absolute Gasteiger partial charge is 0.466 e. The molecule has 1 aliphatic rings. The first-order chi connectivity index (χ1) is 9.72. The third kappa shape index (κ3) is 1.84. The zero-order valence-electron chi connectivity index (χ0n) is 10.9. The van der Waals surface area contributed by atoms with Gasteiger partial charge in [-0.15, -0.1) is 0 Å². The molecule has 0 fully saturated rings. The van der Waals surface area contributed by atoms with E-state index >= 15 is 0 Å². The summed E-state index contributed by atoms with van der Waals surface area (Å²) in [5.41, 5.74) is 3.61.